The van der Waals surface area contributed by atoms with Crippen molar-refractivity contribution in [1.82, 2.24) is 5.43 Å². The molecule has 0 saturated heterocycles. The maximum atomic E-state index is 12.5. The van der Waals surface area contributed by atoms with Crippen molar-refractivity contribution in [2.75, 3.05) is 0 Å². The van der Waals surface area contributed by atoms with Crippen LogP contribution in [-0.2, 0) is 6.61 Å². The number of fused-ring (bicyclic) bond motifs is 2. The molecule has 34 heavy (non-hydrogen) atoms. The van der Waals surface area contributed by atoms with Gasteiger partial charge in [-0.2, -0.15) is 5.10 Å². The van der Waals surface area contributed by atoms with Crippen molar-refractivity contribution in [2.45, 2.75) is 6.61 Å². The smallest absolute Gasteiger partial charge is 0.307 e. The van der Waals surface area contributed by atoms with E-state index in [1.54, 1.807) is 18.3 Å². The topological polar surface area (TPSA) is 63.8 Å². The highest BCUT2D eigenvalue weighted by atomic mass is 79.9. The number of benzene rings is 4. The first-order valence-corrected chi connectivity index (χ1v) is 12.1. The van der Waals surface area contributed by atoms with Crippen LogP contribution in [0.1, 0.15) is 21.7 Å². The quantitative estimate of drug-likeness (QED) is 0.168. The second kappa shape index (κ2) is 9.83. The number of rotatable bonds is 6. The summed E-state index contributed by atoms with van der Waals surface area (Å²) >= 11 is 6.89. The highest BCUT2D eigenvalue weighted by molar-refractivity contribution is 9.10. The average Bonchev–Trinajstić information content (AvgIpc) is 3.27. The van der Waals surface area contributed by atoms with E-state index in [1.807, 2.05) is 42.5 Å². The van der Waals surface area contributed by atoms with Crippen LogP contribution < -0.4 is 10.2 Å². The van der Waals surface area contributed by atoms with Crippen molar-refractivity contribution in [1.29, 1.82) is 0 Å². The Morgan fingerprint density at radius 3 is 2.56 bits per heavy atom. The predicted octanol–water partition coefficient (Wildman–Crippen LogP) is 7.45. The number of carbonyl (C=O) groups is 1. The third-order valence-corrected chi connectivity index (χ3v) is 6.24. The van der Waals surface area contributed by atoms with Gasteiger partial charge < -0.3 is 9.15 Å². The molecule has 0 bridgehead atoms. The van der Waals surface area contributed by atoms with Crippen LogP contribution in [0.15, 0.2) is 103 Å². The van der Waals surface area contributed by atoms with Crippen LogP contribution in [0.5, 0.6) is 5.75 Å². The van der Waals surface area contributed by atoms with E-state index in [1.165, 1.54) is 10.8 Å². The van der Waals surface area contributed by atoms with Crippen molar-refractivity contribution < 1.29 is 13.9 Å². The first-order valence-electron chi connectivity index (χ1n) is 10.5. The van der Waals surface area contributed by atoms with Gasteiger partial charge >= 0.3 is 5.91 Å². The van der Waals surface area contributed by atoms with Gasteiger partial charge in [0.2, 0.25) is 0 Å². The standard InChI is InChI=1S/C27H18Br2N2O3/c28-22-8-10-25-20(12-22)14-26(34-25)27(32)31-30-15-21-13-23(29)7-9-24(21)33-16-17-5-6-18-3-1-2-4-19(18)11-17/h1-15H,16H2,(H,31,32)/b30-15+. The van der Waals surface area contributed by atoms with Gasteiger partial charge in [-0.1, -0.05) is 68.3 Å². The molecule has 1 heterocycles. The van der Waals surface area contributed by atoms with Crippen LogP contribution in [0.4, 0.5) is 0 Å². The van der Waals surface area contributed by atoms with E-state index in [0.717, 1.165) is 25.5 Å². The molecule has 4 aromatic carbocycles. The van der Waals surface area contributed by atoms with E-state index < -0.39 is 5.91 Å². The molecule has 0 aliphatic heterocycles. The van der Waals surface area contributed by atoms with Gasteiger partial charge in [0.1, 0.15) is 17.9 Å². The molecule has 5 rings (SSSR count). The third-order valence-electron chi connectivity index (χ3n) is 5.25. The van der Waals surface area contributed by atoms with Gasteiger partial charge in [0.15, 0.2) is 5.76 Å². The lowest BCUT2D eigenvalue weighted by Gasteiger charge is -2.10. The Labute approximate surface area is 212 Å². The van der Waals surface area contributed by atoms with Crippen LogP contribution in [-0.4, -0.2) is 12.1 Å². The molecule has 7 heteroatoms. The minimum absolute atomic E-state index is 0.187. The SMILES string of the molecule is O=C(N/N=C/c1cc(Br)ccc1OCc1ccc2ccccc2c1)c1cc2cc(Br)ccc2o1. The zero-order valence-electron chi connectivity index (χ0n) is 17.8. The molecule has 0 aliphatic carbocycles. The van der Waals surface area contributed by atoms with Crippen molar-refractivity contribution in [3.05, 3.63) is 111 Å². The number of amides is 1. The number of hydrogen-bond donors (Lipinski definition) is 1. The van der Waals surface area contributed by atoms with Gasteiger partial charge in [-0.15, -0.1) is 0 Å². The Bertz CT molecular complexity index is 1540. The summed E-state index contributed by atoms with van der Waals surface area (Å²) in [7, 11) is 0. The van der Waals surface area contributed by atoms with Gasteiger partial charge in [-0.3, -0.25) is 4.79 Å². The predicted molar refractivity (Wildman–Crippen MR) is 141 cm³/mol. The molecule has 0 atom stereocenters. The number of carbonyl (C=O) groups excluding carboxylic acids is 1. The van der Waals surface area contributed by atoms with Crippen LogP contribution in [0.2, 0.25) is 0 Å². The number of furan rings is 1. The number of hydrogen-bond acceptors (Lipinski definition) is 4. The summed E-state index contributed by atoms with van der Waals surface area (Å²) in [6.07, 6.45) is 1.55. The number of hydrazone groups is 1. The lowest BCUT2D eigenvalue weighted by molar-refractivity contribution is 0.0929. The fraction of sp³-hybridized carbons (Fsp3) is 0.0370. The largest absolute Gasteiger partial charge is 0.488 e. The Kier molecular flexibility index (Phi) is 6.47. The van der Waals surface area contributed by atoms with E-state index >= 15 is 0 Å². The molecule has 0 aliphatic rings. The van der Waals surface area contributed by atoms with E-state index in [0.29, 0.717) is 17.9 Å². The van der Waals surface area contributed by atoms with Gasteiger partial charge in [-0.25, -0.2) is 5.43 Å². The fourth-order valence-corrected chi connectivity index (χ4v) is 4.34. The Hall–Kier alpha value is -3.42. The summed E-state index contributed by atoms with van der Waals surface area (Å²) in [5, 5.41) is 7.30. The second-order valence-electron chi connectivity index (χ2n) is 7.64. The van der Waals surface area contributed by atoms with Crippen LogP contribution >= 0.6 is 31.9 Å². The summed E-state index contributed by atoms with van der Waals surface area (Å²) in [5.74, 6) is 0.410. The highest BCUT2D eigenvalue weighted by Gasteiger charge is 2.12. The van der Waals surface area contributed by atoms with E-state index in [9.17, 15) is 4.79 Å². The summed E-state index contributed by atoms with van der Waals surface area (Å²) in [5.41, 5.74) is 4.94. The maximum Gasteiger partial charge on any atom is 0.307 e. The fourth-order valence-electron chi connectivity index (χ4n) is 3.58. The zero-order chi connectivity index (χ0) is 23.5. The molecule has 0 unspecified atom stereocenters. The molecule has 1 N–H and O–H groups in total. The van der Waals surface area contributed by atoms with Crippen LogP contribution in [0.3, 0.4) is 0 Å². The maximum absolute atomic E-state index is 12.5. The number of ether oxygens (including phenoxy) is 1. The Morgan fingerprint density at radius 2 is 1.68 bits per heavy atom. The van der Waals surface area contributed by atoms with E-state index in [4.69, 9.17) is 9.15 Å². The van der Waals surface area contributed by atoms with E-state index in [2.05, 4.69) is 72.7 Å². The monoisotopic (exact) mass is 576 g/mol. The molecule has 0 fully saturated rings. The van der Waals surface area contributed by atoms with Crippen molar-refractivity contribution >= 4 is 65.7 Å². The van der Waals surface area contributed by atoms with Crippen molar-refractivity contribution in [3.63, 3.8) is 0 Å². The zero-order valence-corrected chi connectivity index (χ0v) is 21.0. The van der Waals surface area contributed by atoms with Crippen LogP contribution in [0, 0.1) is 0 Å². The van der Waals surface area contributed by atoms with Gasteiger partial charge in [-0.05, 0) is 64.9 Å². The highest BCUT2D eigenvalue weighted by Crippen LogP contribution is 2.25. The molecule has 0 spiro atoms. The first-order chi connectivity index (χ1) is 16.5. The van der Waals surface area contributed by atoms with Gasteiger partial charge in [0.25, 0.3) is 0 Å². The minimum Gasteiger partial charge on any atom is -0.488 e. The van der Waals surface area contributed by atoms with Crippen molar-refractivity contribution in [2.24, 2.45) is 5.10 Å². The molecule has 0 radical (unpaired) electrons. The van der Waals surface area contributed by atoms with Gasteiger partial charge in [0, 0.05) is 19.9 Å². The first kappa shape index (κ1) is 22.4. The lowest BCUT2D eigenvalue weighted by Crippen LogP contribution is -2.16. The van der Waals surface area contributed by atoms with Crippen molar-refractivity contribution in [3.8, 4) is 5.75 Å². The molecular weight excluding hydrogens is 560 g/mol. The molecule has 168 valence electrons. The minimum atomic E-state index is -0.433. The molecule has 1 amide bonds. The van der Waals surface area contributed by atoms with Crippen LogP contribution in [0.25, 0.3) is 21.7 Å². The lowest BCUT2D eigenvalue weighted by atomic mass is 10.1. The summed E-state index contributed by atoms with van der Waals surface area (Å²) in [6, 6.07) is 27.4. The molecule has 5 nitrogen and oxygen atoms in total. The molecule has 1 aromatic heterocycles. The average molecular weight is 578 g/mol. The number of halogens is 2. The second-order valence-corrected chi connectivity index (χ2v) is 9.48. The number of nitrogens with zero attached hydrogens (tertiary/aromatic N) is 1. The molecular formula is C27H18Br2N2O3. The summed E-state index contributed by atoms with van der Waals surface area (Å²) < 4.78 is 13.5. The normalized spacial score (nSPS) is 11.4. The van der Waals surface area contributed by atoms with E-state index in [-0.39, 0.29) is 5.76 Å². The van der Waals surface area contributed by atoms with Gasteiger partial charge in [0.05, 0.1) is 6.21 Å². The number of nitrogens with one attached hydrogen (secondary N) is 1. The molecule has 0 saturated carbocycles. The third kappa shape index (κ3) is 5.05. The summed E-state index contributed by atoms with van der Waals surface area (Å²) in [6.45, 7) is 0.411. The summed E-state index contributed by atoms with van der Waals surface area (Å²) in [4.78, 5) is 12.5. The Morgan fingerprint density at radius 1 is 0.882 bits per heavy atom. The Balaban J connectivity index is 1.29. The molecule has 5 aromatic rings.